The average Bonchev–Trinajstić information content (AvgIpc) is 2.91. The number of hydrogen-bond donors (Lipinski definition) is 1. The number of fused-ring (bicyclic) bond motifs is 1. The summed E-state index contributed by atoms with van der Waals surface area (Å²) in [6.45, 7) is 3.60. The highest BCUT2D eigenvalue weighted by Crippen LogP contribution is 2.37. The maximum Gasteiger partial charge on any atom is 0.119 e. The summed E-state index contributed by atoms with van der Waals surface area (Å²) in [5.74, 6) is 1.85. The summed E-state index contributed by atoms with van der Waals surface area (Å²) in [7, 11) is 4.05. The van der Waals surface area contributed by atoms with Crippen molar-refractivity contribution >= 4 is 0 Å². The second-order valence-electron chi connectivity index (χ2n) is 6.25. The van der Waals surface area contributed by atoms with Crippen LogP contribution >= 0.6 is 0 Å². The fourth-order valence-electron chi connectivity index (χ4n) is 3.74. The largest absolute Gasteiger partial charge is 0.497 e. The van der Waals surface area contributed by atoms with E-state index in [1.54, 1.807) is 7.11 Å². The molecule has 1 saturated heterocycles. The second-order valence-corrected chi connectivity index (χ2v) is 6.25. The van der Waals surface area contributed by atoms with Gasteiger partial charge in [0.2, 0.25) is 0 Å². The van der Waals surface area contributed by atoms with Crippen LogP contribution in [0.3, 0.4) is 0 Å². The average molecular weight is 274 g/mol. The first kappa shape index (κ1) is 13.9. The molecule has 110 valence electrons. The molecular formula is C17H26N2O. The summed E-state index contributed by atoms with van der Waals surface area (Å²) >= 11 is 0. The molecule has 3 nitrogen and oxygen atoms in total. The van der Waals surface area contributed by atoms with E-state index in [1.807, 2.05) is 0 Å². The van der Waals surface area contributed by atoms with Gasteiger partial charge in [0.25, 0.3) is 0 Å². The van der Waals surface area contributed by atoms with Crippen molar-refractivity contribution in [2.24, 2.45) is 5.92 Å². The molecule has 2 aliphatic rings. The van der Waals surface area contributed by atoms with Gasteiger partial charge in [-0.2, -0.15) is 0 Å². The van der Waals surface area contributed by atoms with Gasteiger partial charge < -0.3 is 10.1 Å². The topological polar surface area (TPSA) is 24.5 Å². The lowest BCUT2D eigenvalue weighted by atomic mass is 9.96. The Morgan fingerprint density at radius 1 is 1.25 bits per heavy atom. The van der Waals surface area contributed by atoms with E-state index >= 15 is 0 Å². The van der Waals surface area contributed by atoms with E-state index in [-0.39, 0.29) is 0 Å². The van der Waals surface area contributed by atoms with Crippen LogP contribution in [0.25, 0.3) is 0 Å². The Balaban J connectivity index is 1.69. The van der Waals surface area contributed by atoms with Crippen LogP contribution in [0, 0.1) is 5.92 Å². The highest BCUT2D eigenvalue weighted by molar-refractivity contribution is 5.40. The standard InChI is InChI=1S/C17H26N2O/c1-19(12-13-7-9-18-10-8-13)17-6-4-14-3-5-15(20-2)11-16(14)17/h3,5,11,13,17-18H,4,6-10,12H2,1-2H3. The van der Waals surface area contributed by atoms with E-state index in [4.69, 9.17) is 4.74 Å². The van der Waals surface area contributed by atoms with Crippen molar-refractivity contribution < 1.29 is 4.74 Å². The molecule has 20 heavy (non-hydrogen) atoms. The van der Waals surface area contributed by atoms with Gasteiger partial charge in [0.05, 0.1) is 7.11 Å². The number of ether oxygens (including phenoxy) is 1. The fourth-order valence-corrected chi connectivity index (χ4v) is 3.74. The molecule has 1 fully saturated rings. The smallest absolute Gasteiger partial charge is 0.119 e. The van der Waals surface area contributed by atoms with Crippen LogP contribution in [-0.4, -0.2) is 38.7 Å². The van der Waals surface area contributed by atoms with Crippen molar-refractivity contribution in [2.45, 2.75) is 31.7 Å². The lowest BCUT2D eigenvalue weighted by Gasteiger charge is -2.31. The van der Waals surface area contributed by atoms with E-state index in [2.05, 4.69) is 35.5 Å². The molecule has 0 bridgehead atoms. The molecule has 0 amide bonds. The summed E-state index contributed by atoms with van der Waals surface area (Å²) in [5.41, 5.74) is 2.99. The summed E-state index contributed by atoms with van der Waals surface area (Å²) in [6.07, 6.45) is 5.11. The molecule has 1 N–H and O–H groups in total. The number of nitrogens with zero attached hydrogens (tertiary/aromatic N) is 1. The molecule has 0 saturated carbocycles. The van der Waals surface area contributed by atoms with Crippen molar-refractivity contribution in [3.05, 3.63) is 29.3 Å². The van der Waals surface area contributed by atoms with Crippen LogP contribution in [0.15, 0.2) is 18.2 Å². The molecule has 1 atom stereocenters. The normalized spacial score (nSPS) is 23.1. The van der Waals surface area contributed by atoms with Crippen LogP contribution < -0.4 is 10.1 Å². The fraction of sp³-hybridized carbons (Fsp3) is 0.647. The summed E-state index contributed by atoms with van der Waals surface area (Å²) in [5, 5.41) is 3.45. The molecule has 0 spiro atoms. The molecule has 3 heteroatoms. The molecular weight excluding hydrogens is 248 g/mol. The monoisotopic (exact) mass is 274 g/mol. The number of methoxy groups -OCH3 is 1. The second kappa shape index (κ2) is 6.15. The van der Waals surface area contributed by atoms with Crippen molar-refractivity contribution in [3.63, 3.8) is 0 Å². The molecule has 1 heterocycles. The minimum atomic E-state index is 0.579. The number of benzene rings is 1. The Labute approximate surface area is 122 Å². The predicted molar refractivity (Wildman–Crippen MR) is 82.3 cm³/mol. The van der Waals surface area contributed by atoms with Gasteiger partial charge >= 0.3 is 0 Å². The van der Waals surface area contributed by atoms with Crippen LogP contribution in [-0.2, 0) is 6.42 Å². The van der Waals surface area contributed by atoms with E-state index < -0.39 is 0 Å². The number of nitrogens with one attached hydrogen (secondary N) is 1. The number of piperidine rings is 1. The molecule has 1 aromatic carbocycles. The Morgan fingerprint density at radius 3 is 2.80 bits per heavy atom. The quantitative estimate of drug-likeness (QED) is 0.913. The molecule has 0 aromatic heterocycles. The first-order valence-electron chi connectivity index (χ1n) is 7.85. The lowest BCUT2D eigenvalue weighted by molar-refractivity contribution is 0.186. The highest BCUT2D eigenvalue weighted by Gasteiger charge is 2.28. The first-order valence-corrected chi connectivity index (χ1v) is 7.85. The van der Waals surface area contributed by atoms with Crippen LogP contribution in [0.4, 0.5) is 0 Å². The third-order valence-corrected chi connectivity index (χ3v) is 4.94. The Kier molecular flexibility index (Phi) is 4.27. The van der Waals surface area contributed by atoms with Crippen molar-refractivity contribution in [3.8, 4) is 5.75 Å². The van der Waals surface area contributed by atoms with E-state index in [0.29, 0.717) is 6.04 Å². The summed E-state index contributed by atoms with van der Waals surface area (Å²) < 4.78 is 5.39. The van der Waals surface area contributed by atoms with Gasteiger partial charge in [0, 0.05) is 12.6 Å². The number of hydrogen-bond acceptors (Lipinski definition) is 3. The van der Waals surface area contributed by atoms with Gasteiger partial charge in [-0.25, -0.2) is 0 Å². The molecule has 1 unspecified atom stereocenters. The summed E-state index contributed by atoms with van der Waals surface area (Å²) in [4.78, 5) is 2.57. The zero-order valence-corrected chi connectivity index (χ0v) is 12.7. The van der Waals surface area contributed by atoms with Gasteiger partial charge in [-0.3, -0.25) is 4.90 Å². The maximum absolute atomic E-state index is 5.39. The minimum absolute atomic E-state index is 0.579. The van der Waals surface area contributed by atoms with Gasteiger partial charge in [0.1, 0.15) is 5.75 Å². The van der Waals surface area contributed by atoms with Crippen LogP contribution in [0.5, 0.6) is 5.75 Å². The van der Waals surface area contributed by atoms with Crippen molar-refractivity contribution in [1.29, 1.82) is 0 Å². The van der Waals surface area contributed by atoms with Crippen LogP contribution in [0.1, 0.15) is 36.4 Å². The zero-order valence-electron chi connectivity index (χ0n) is 12.7. The number of rotatable bonds is 4. The SMILES string of the molecule is COc1ccc2c(c1)C(N(C)CC1CCNCC1)CC2. The third-order valence-electron chi connectivity index (χ3n) is 4.94. The molecule has 1 aromatic rings. The van der Waals surface area contributed by atoms with E-state index in [9.17, 15) is 0 Å². The van der Waals surface area contributed by atoms with Crippen LogP contribution in [0.2, 0.25) is 0 Å². The molecule has 3 rings (SSSR count). The maximum atomic E-state index is 5.39. The van der Waals surface area contributed by atoms with E-state index in [1.165, 1.54) is 56.4 Å². The van der Waals surface area contributed by atoms with Crippen molar-refractivity contribution in [2.75, 3.05) is 33.8 Å². The Morgan fingerprint density at radius 2 is 2.05 bits per heavy atom. The Bertz CT molecular complexity index is 454. The van der Waals surface area contributed by atoms with Gasteiger partial charge in [-0.1, -0.05) is 6.07 Å². The zero-order chi connectivity index (χ0) is 13.9. The summed E-state index contributed by atoms with van der Waals surface area (Å²) in [6, 6.07) is 7.15. The Hall–Kier alpha value is -1.06. The molecule has 1 aliphatic heterocycles. The van der Waals surface area contributed by atoms with E-state index in [0.717, 1.165) is 11.7 Å². The lowest BCUT2D eigenvalue weighted by Crippen LogP contribution is -2.35. The minimum Gasteiger partial charge on any atom is -0.497 e. The van der Waals surface area contributed by atoms with Gasteiger partial charge in [-0.05, 0) is 75.0 Å². The predicted octanol–water partition coefficient (Wildman–Crippen LogP) is 2.61. The number of aryl methyl sites for hydroxylation is 1. The molecule has 1 aliphatic carbocycles. The van der Waals surface area contributed by atoms with Gasteiger partial charge in [-0.15, -0.1) is 0 Å². The first-order chi connectivity index (χ1) is 9.78. The highest BCUT2D eigenvalue weighted by atomic mass is 16.5. The van der Waals surface area contributed by atoms with Gasteiger partial charge in [0.15, 0.2) is 0 Å². The van der Waals surface area contributed by atoms with Crippen molar-refractivity contribution in [1.82, 2.24) is 10.2 Å². The molecule has 0 radical (unpaired) electrons. The third kappa shape index (κ3) is 2.84.